The Bertz CT molecular complexity index is 658. The summed E-state index contributed by atoms with van der Waals surface area (Å²) in [7, 11) is 0. The number of nitrogens with zero attached hydrogens (tertiary/aromatic N) is 3. The maximum Gasteiger partial charge on any atom is 0.147 e. The minimum atomic E-state index is 0. The van der Waals surface area contributed by atoms with Crippen molar-refractivity contribution in [3.05, 3.63) is 41.6 Å². The molecular weight excluding hydrogens is 443 g/mol. The first-order chi connectivity index (χ1) is 13.3. The van der Waals surface area contributed by atoms with Crippen molar-refractivity contribution in [2.24, 2.45) is 0 Å². The van der Waals surface area contributed by atoms with E-state index in [0.29, 0.717) is 12.1 Å². The first-order valence-electron chi connectivity index (χ1n) is 10.5. The molecule has 8 heteroatoms. The lowest BCUT2D eigenvalue weighted by atomic mass is 9.99. The molecule has 3 heterocycles. The van der Waals surface area contributed by atoms with Crippen LogP contribution in [0.1, 0.15) is 31.2 Å². The summed E-state index contributed by atoms with van der Waals surface area (Å²) in [6.45, 7) is 8.32. The largest absolute Gasteiger partial charge is 0.361 e. The fourth-order valence-corrected chi connectivity index (χ4v) is 4.94. The van der Waals surface area contributed by atoms with Gasteiger partial charge < -0.3 is 10.2 Å². The number of hydrogen-bond acceptors (Lipinski definition) is 5. The SMILES string of the molecule is Cl.Cl.Cl.O=C=C1CN(C2CCNCC2)CCN1C1CCN(Cc2ccccc2)CC1. The molecule has 3 aliphatic rings. The number of likely N-dealkylation sites (tertiary alicyclic amines) is 1. The van der Waals surface area contributed by atoms with Crippen LogP contribution in [0.5, 0.6) is 0 Å². The highest BCUT2D eigenvalue weighted by atomic mass is 35.5. The molecule has 170 valence electrons. The molecule has 1 aromatic rings. The molecule has 0 saturated carbocycles. The minimum absolute atomic E-state index is 0. The quantitative estimate of drug-likeness (QED) is 0.675. The minimum Gasteiger partial charge on any atom is -0.361 e. The van der Waals surface area contributed by atoms with Crippen LogP contribution >= 0.6 is 37.2 Å². The molecular formula is C22H35Cl3N4O. The summed E-state index contributed by atoms with van der Waals surface area (Å²) >= 11 is 0. The molecule has 3 fully saturated rings. The van der Waals surface area contributed by atoms with E-state index in [0.717, 1.165) is 70.9 Å². The van der Waals surface area contributed by atoms with Crippen molar-refractivity contribution in [2.75, 3.05) is 45.8 Å². The monoisotopic (exact) mass is 476 g/mol. The number of piperazine rings is 1. The number of hydrogen-bond donors (Lipinski definition) is 1. The van der Waals surface area contributed by atoms with Crippen LogP contribution in [0.4, 0.5) is 0 Å². The Kier molecular flexibility index (Phi) is 12.3. The molecule has 0 bridgehead atoms. The van der Waals surface area contributed by atoms with Gasteiger partial charge in [0.2, 0.25) is 0 Å². The van der Waals surface area contributed by atoms with Gasteiger partial charge in [-0.05, 0) is 44.3 Å². The van der Waals surface area contributed by atoms with E-state index < -0.39 is 0 Å². The van der Waals surface area contributed by atoms with E-state index in [2.05, 4.69) is 56.3 Å². The van der Waals surface area contributed by atoms with Crippen molar-refractivity contribution in [3.8, 4) is 0 Å². The molecule has 0 spiro atoms. The van der Waals surface area contributed by atoms with Crippen LogP contribution < -0.4 is 5.32 Å². The van der Waals surface area contributed by atoms with Crippen LogP contribution in [-0.2, 0) is 11.3 Å². The van der Waals surface area contributed by atoms with E-state index in [9.17, 15) is 4.79 Å². The molecule has 0 unspecified atom stereocenters. The molecule has 0 amide bonds. The topological polar surface area (TPSA) is 38.8 Å². The smallest absolute Gasteiger partial charge is 0.147 e. The van der Waals surface area contributed by atoms with Gasteiger partial charge in [-0.1, -0.05) is 30.3 Å². The van der Waals surface area contributed by atoms with Crippen molar-refractivity contribution in [1.82, 2.24) is 20.0 Å². The molecule has 0 aromatic heterocycles. The maximum absolute atomic E-state index is 11.7. The Labute approximate surface area is 199 Å². The molecule has 0 atom stereocenters. The summed E-state index contributed by atoms with van der Waals surface area (Å²) in [5.74, 6) is 2.29. The van der Waals surface area contributed by atoms with Gasteiger partial charge in [0.25, 0.3) is 0 Å². The molecule has 3 saturated heterocycles. The number of halogens is 3. The second-order valence-corrected chi connectivity index (χ2v) is 8.19. The van der Waals surface area contributed by atoms with Crippen molar-refractivity contribution >= 4 is 43.2 Å². The average molecular weight is 478 g/mol. The second kappa shape index (κ2) is 13.6. The predicted molar refractivity (Wildman–Crippen MR) is 130 cm³/mol. The Morgan fingerprint density at radius 1 is 0.867 bits per heavy atom. The first-order valence-corrected chi connectivity index (χ1v) is 10.5. The van der Waals surface area contributed by atoms with Crippen molar-refractivity contribution < 1.29 is 4.79 Å². The zero-order valence-corrected chi connectivity index (χ0v) is 20.0. The summed E-state index contributed by atoms with van der Waals surface area (Å²) < 4.78 is 0. The molecule has 5 nitrogen and oxygen atoms in total. The van der Waals surface area contributed by atoms with Crippen molar-refractivity contribution in [2.45, 2.75) is 44.3 Å². The number of rotatable bonds is 4. The normalized spacial score (nSPS) is 21.7. The Morgan fingerprint density at radius 2 is 1.53 bits per heavy atom. The summed E-state index contributed by atoms with van der Waals surface area (Å²) in [5, 5.41) is 3.44. The first kappa shape index (κ1) is 27.3. The van der Waals surface area contributed by atoms with Gasteiger partial charge in [0.1, 0.15) is 11.6 Å². The van der Waals surface area contributed by atoms with E-state index in [-0.39, 0.29) is 37.2 Å². The lowest BCUT2D eigenvalue weighted by Gasteiger charge is -2.46. The van der Waals surface area contributed by atoms with Gasteiger partial charge in [0.05, 0.1) is 0 Å². The Morgan fingerprint density at radius 3 is 2.17 bits per heavy atom. The van der Waals surface area contributed by atoms with E-state index in [1.165, 1.54) is 18.4 Å². The number of benzene rings is 1. The van der Waals surface area contributed by atoms with Gasteiger partial charge >= 0.3 is 0 Å². The standard InChI is InChI=1S/C22H32N4O.3ClH/c27-18-22-17-25(20-6-10-23-11-7-20)14-15-26(22)21-8-12-24(13-9-21)16-19-4-2-1-3-5-19;;;/h1-5,20-21,23H,6-17H2;3*1H. The van der Waals surface area contributed by atoms with E-state index in [4.69, 9.17) is 0 Å². The second-order valence-electron chi connectivity index (χ2n) is 8.19. The number of piperidine rings is 2. The van der Waals surface area contributed by atoms with Crippen molar-refractivity contribution in [1.29, 1.82) is 0 Å². The number of carbonyl (C=O) groups excluding carboxylic acids is 1. The molecule has 1 N–H and O–H groups in total. The Balaban J connectivity index is 0.00000150. The van der Waals surface area contributed by atoms with Gasteiger partial charge in [0.15, 0.2) is 0 Å². The lowest BCUT2D eigenvalue weighted by Crippen LogP contribution is -2.55. The van der Waals surface area contributed by atoms with Gasteiger partial charge in [-0.15, -0.1) is 37.2 Å². The van der Waals surface area contributed by atoms with Crippen LogP contribution in [0.15, 0.2) is 36.0 Å². The Hall–Kier alpha value is -0.780. The third kappa shape index (κ3) is 6.86. The molecule has 0 radical (unpaired) electrons. The summed E-state index contributed by atoms with van der Waals surface area (Å²) in [4.78, 5) is 19.1. The molecule has 1 aromatic carbocycles. The van der Waals surface area contributed by atoms with Gasteiger partial charge in [0, 0.05) is 51.4 Å². The summed E-state index contributed by atoms with van der Waals surface area (Å²) in [6, 6.07) is 11.9. The molecule has 30 heavy (non-hydrogen) atoms. The van der Waals surface area contributed by atoms with Crippen LogP contribution in [0, 0.1) is 0 Å². The average Bonchev–Trinajstić information content (AvgIpc) is 2.75. The lowest BCUT2D eigenvalue weighted by molar-refractivity contribution is 0.0672. The number of nitrogens with one attached hydrogen (secondary N) is 1. The van der Waals surface area contributed by atoms with Crippen LogP contribution in [0.3, 0.4) is 0 Å². The highest BCUT2D eigenvalue weighted by molar-refractivity contribution is 5.86. The third-order valence-corrected chi connectivity index (χ3v) is 6.52. The van der Waals surface area contributed by atoms with Crippen LogP contribution in [0.2, 0.25) is 0 Å². The predicted octanol–water partition coefficient (Wildman–Crippen LogP) is 3.00. The summed E-state index contributed by atoms with van der Waals surface area (Å²) in [6.07, 6.45) is 4.69. The molecule has 4 rings (SSSR count). The third-order valence-electron chi connectivity index (χ3n) is 6.52. The fraction of sp³-hybridized carbons (Fsp3) is 0.636. The molecule has 0 aliphatic carbocycles. The summed E-state index contributed by atoms with van der Waals surface area (Å²) in [5.41, 5.74) is 2.28. The highest BCUT2D eigenvalue weighted by Crippen LogP contribution is 2.25. The van der Waals surface area contributed by atoms with E-state index in [1.807, 2.05) is 0 Å². The van der Waals surface area contributed by atoms with Crippen LogP contribution in [-0.4, -0.2) is 78.5 Å². The van der Waals surface area contributed by atoms with Gasteiger partial charge in [-0.3, -0.25) is 9.80 Å². The fourth-order valence-electron chi connectivity index (χ4n) is 4.94. The maximum atomic E-state index is 11.7. The molecule has 3 aliphatic heterocycles. The van der Waals surface area contributed by atoms with Gasteiger partial charge in [-0.25, -0.2) is 4.79 Å². The van der Waals surface area contributed by atoms with Crippen LogP contribution in [0.25, 0.3) is 0 Å². The highest BCUT2D eigenvalue weighted by Gasteiger charge is 2.33. The van der Waals surface area contributed by atoms with E-state index in [1.54, 1.807) is 0 Å². The van der Waals surface area contributed by atoms with Gasteiger partial charge in [-0.2, -0.15) is 0 Å². The van der Waals surface area contributed by atoms with E-state index >= 15 is 0 Å². The zero-order valence-electron chi connectivity index (χ0n) is 17.5. The zero-order chi connectivity index (χ0) is 18.5. The van der Waals surface area contributed by atoms with Crippen molar-refractivity contribution in [3.63, 3.8) is 0 Å².